The summed E-state index contributed by atoms with van der Waals surface area (Å²) in [7, 11) is 1.61. The number of hydrogen-bond acceptors (Lipinski definition) is 4. The molecule has 1 amide bonds. The van der Waals surface area contributed by atoms with Crippen molar-refractivity contribution >= 4 is 40.7 Å². The molecule has 4 N–H and O–H groups in total. The minimum Gasteiger partial charge on any atom is -0.496 e. The predicted octanol–water partition coefficient (Wildman–Crippen LogP) is 3.69. The fraction of sp³-hybridized carbons (Fsp3) is 0.222. The number of amides is 1. The highest BCUT2D eigenvalue weighted by molar-refractivity contribution is 6.05. The summed E-state index contributed by atoms with van der Waals surface area (Å²) in [6.07, 6.45) is 0.771. The van der Waals surface area contributed by atoms with Crippen LogP contribution in [-0.4, -0.2) is 23.0 Å². The molecule has 0 radical (unpaired) electrons. The largest absolute Gasteiger partial charge is 0.496 e. The highest BCUT2D eigenvalue weighted by Gasteiger charge is 2.29. The van der Waals surface area contributed by atoms with Gasteiger partial charge < -0.3 is 20.8 Å². The van der Waals surface area contributed by atoms with Crippen LogP contribution >= 0.6 is 12.4 Å². The SMILES string of the molecule is CCC1C(=O)Nc2cc3[nH]c(-c4ccc(N)cc4OC)nc3cc21.Cl. The number of carbonyl (C=O) groups excluding carboxylic acids is 1. The first kappa shape index (κ1) is 17.1. The summed E-state index contributed by atoms with van der Waals surface area (Å²) in [5, 5.41) is 2.94. The molecular formula is C18H19ClN4O2. The summed E-state index contributed by atoms with van der Waals surface area (Å²) in [5.74, 6) is 1.34. The molecule has 7 heteroatoms. The van der Waals surface area contributed by atoms with Crippen molar-refractivity contribution in [3.63, 3.8) is 0 Å². The van der Waals surface area contributed by atoms with E-state index in [1.807, 2.05) is 31.2 Å². The van der Waals surface area contributed by atoms with Crippen molar-refractivity contribution in [1.82, 2.24) is 9.97 Å². The lowest BCUT2D eigenvalue weighted by Gasteiger charge is -2.06. The van der Waals surface area contributed by atoms with Gasteiger partial charge in [0, 0.05) is 17.4 Å². The van der Waals surface area contributed by atoms with Gasteiger partial charge in [0.25, 0.3) is 0 Å². The van der Waals surface area contributed by atoms with E-state index in [1.165, 1.54) is 0 Å². The predicted molar refractivity (Wildman–Crippen MR) is 101 cm³/mol. The maximum atomic E-state index is 12.0. The number of carbonyl (C=O) groups is 1. The molecule has 2 heterocycles. The number of H-pyrrole nitrogens is 1. The molecule has 1 aliphatic rings. The number of hydrogen-bond donors (Lipinski definition) is 3. The first-order valence-corrected chi connectivity index (χ1v) is 7.89. The van der Waals surface area contributed by atoms with Crippen LogP contribution in [0.15, 0.2) is 30.3 Å². The Morgan fingerprint density at radius 2 is 2.08 bits per heavy atom. The zero-order valence-corrected chi connectivity index (χ0v) is 14.7. The fourth-order valence-corrected chi connectivity index (χ4v) is 3.27. The first-order chi connectivity index (χ1) is 11.6. The van der Waals surface area contributed by atoms with Crippen LogP contribution in [0.4, 0.5) is 11.4 Å². The summed E-state index contributed by atoms with van der Waals surface area (Å²) in [4.78, 5) is 20.0. The lowest BCUT2D eigenvalue weighted by Crippen LogP contribution is -2.10. The molecule has 3 aromatic rings. The number of nitrogen functional groups attached to an aromatic ring is 1. The van der Waals surface area contributed by atoms with Gasteiger partial charge in [-0.15, -0.1) is 12.4 Å². The highest BCUT2D eigenvalue weighted by atomic mass is 35.5. The fourth-order valence-electron chi connectivity index (χ4n) is 3.27. The second kappa shape index (κ2) is 6.29. The monoisotopic (exact) mass is 358 g/mol. The molecular weight excluding hydrogens is 340 g/mol. The van der Waals surface area contributed by atoms with Gasteiger partial charge >= 0.3 is 0 Å². The number of imidazole rings is 1. The zero-order chi connectivity index (χ0) is 16.8. The lowest BCUT2D eigenvalue weighted by molar-refractivity contribution is -0.117. The minimum atomic E-state index is -0.101. The van der Waals surface area contributed by atoms with E-state index in [2.05, 4.69) is 15.3 Å². The molecule has 0 fully saturated rings. The van der Waals surface area contributed by atoms with Gasteiger partial charge in [0.05, 0.1) is 29.6 Å². The summed E-state index contributed by atoms with van der Waals surface area (Å²) in [5.41, 5.74) is 10.9. The van der Waals surface area contributed by atoms with E-state index in [9.17, 15) is 4.79 Å². The van der Waals surface area contributed by atoms with Crippen LogP contribution in [0, 0.1) is 0 Å². The number of fused-ring (bicyclic) bond motifs is 2. The topological polar surface area (TPSA) is 93.0 Å². The number of ether oxygens (including phenoxy) is 1. The third-order valence-corrected chi connectivity index (χ3v) is 4.49. The smallest absolute Gasteiger partial charge is 0.231 e. The molecule has 2 aromatic carbocycles. The van der Waals surface area contributed by atoms with E-state index in [1.54, 1.807) is 13.2 Å². The molecule has 4 rings (SSSR count). The summed E-state index contributed by atoms with van der Waals surface area (Å²) in [6, 6.07) is 9.41. The molecule has 130 valence electrons. The third kappa shape index (κ3) is 2.68. The molecule has 1 aromatic heterocycles. The van der Waals surface area contributed by atoms with E-state index in [0.717, 1.165) is 34.3 Å². The van der Waals surface area contributed by atoms with Gasteiger partial charge in [-0.2, -0.15) is 0 Å². The van der Waals surface area contributed by atoms with Gasteiger partial charge in [-0.05, 0) is 36.2 Å². The molecule has 0 bridgehead atoms. The van der Waals surface area contributed by atoms with Gasteiger partial charge in [0.15, 0.2) is 0 Å². The van der Waals surface area contributed by atoms with Crippen LogP contribution < -0.4 is 15.8 Å². The number of halogens is 1. The molecule has 0 saturated carbocycles. The summed E-state index contributed by atoms with van der Waals surface area (Å²) < 4.78 is 5.41. The number of nitrogens with zero attached hydrogens (tertiary/aromatic N) is 1. The number of benzene rings is 2. The number of anilines is 2. The maximum Gasteiger partial charge on any atom is 0.231 e. The summed E-state index contributed by atoms with van der Waals surface area (Å²) in [6.45, 7) is 2.01. The van der Waals surface area contributed by atoms with Crippen molar-refractivity contribution in [2.75, 3.05) is 18.2 Å². The standard InChI is InChI=1S/C18H18N4O2.ClH/c1-3-10-12-7-14-15(8-13(12)22-18(10)23)21-17(20-14)11-5-4-9(19)6-16(11)24-2;/h4-8,10H,3,19H2,1-2H3,(H,20,21)(H,22,23);1H. The number of nitrogens with one attached hydrogen (secondary N) is 2. The molecule has 25 heavy (non-hydrogen) atoms. The first-order valence-electron chi connectivity index (χ1n) is 7.89. The minimum absolute atomic E-state index is 0. The Kier molecular flexibility index (Phi) is 4.30. The van der Waals surface area contributed by atoms with E-state index in [-0.39, 0.29) is 24.2 Å². The quantitative estimate of drug-likeness (QED) is 0.622. The Hall–Kier alpha value is -2.73. The van der Waals surface area contributed by atoms with Crippen LogP contribution in [0.5, 0.6) is 5.75 Å². The normalized spacial score (nSPS) is 15.6. The van der Waals surface area contributed by atoms with E-state index in [0.29, 0.717) is 17.3 Å². The lowest BCUT2D eigenvalue weighted by atomic mass is 9.98. The van der Waals surface area contributed by atoms with Gasteiger partial charge in [-0.1, -0.05) is 6.92 Å². The zero-order valence-electron chi connectivity index (χ0n) is 13.9. The highest BCUT2D eigenvalue weighted by Crippen LogP contribution is 2.38. The van der Waals surface area contributed by atoms with Gasteiger partial charge in [0.1, 0.15) is 11.6 Å². The Labute approximate surface area is 151 Å². The van der Waals surface area contributed by atoms with Crippen LogP contribution in [0.25, 0.3) is 22.4 Å². The van der Waals surface area contributed by atoms with Crippen molar-refractivity contribution in [2.45, 2.75) is 19.3 Å². The molecule has 6 nitrogen and oxygen atoms in total. The van der Waals surface area contributed by atoms with E-state index in [4.69, 9.17) is 10.5 Å². The van der Waals surface area contributed by atoms with Crippen molar-refractivity contribution < 1.29 is 9.53 Å². The maximum absolute atomic E-state index is 12.0. The van der Waals surface area contributed by atoms with Crippen molar-refractivity contribution in [3.05, 3.63) is 35.9 Å². The molecule has 0 saturated heterocycles. The van der Waals surface area contributed by atoms with Crippen LogP contribution in [0.3, 0.4) is 0 Å². The van der Waals surface area contributed by atoms with Crippen LogP contribution in [0.1, 0.15) is 24.8 Å². The number of methoxy groups -OCH3 is 1. The van der Waals surface area contributed by atoms with Gasteiger partial charge in [-0.25, -0.2) is 4.98 Å². The van der Waals surface area contributed by atoms with Crippen molar-refractivity contribution in [3.8, 4) is 17.1 Å². The Balaban J connectivity index is 0.00000182. The molecule has 1 aliphatic heterocycles. The molecule has 1 atom stereocenters. The molecule has 0 spiro atoms. The van der Waals surface area contributed by atoms with Gasteiger partial charge in [0.2, 0.25) is 5.91 Å². The van der Waals surface area contributed by atoms with Crippen LogP contribution in [-0.2, 0) is 4.79 Å². The second-order valence-corrected chi connectivity index (χ2v) is 5.95. The third-order valence-electron chi connectivity index (χ3n) is 4.49. The van der Waals surface area contributed by atoms with E-state index < -0.39 is 0 Å². The van der Waals surface area contributed by atoms with E-state index >= 15 is 0 Å². The number of nitrogens with two attached hydrogens (primary N) is 1. The molecule has 1 unspecified atom stereocenters. The second-order valence-electron chi connectivity index (χ2n) is 5.95. The van der Waals surface area contributed by atoms with Crippen molar-refractivity contribution in [1.29, 1.82) is 0 Å². The Morgan fingerprint density at radius 1 is 1.28 bits per heavy atom. The van der Waals surface area contributed by atoms with Crippen LogP contribution in [0.2, 0.25) is 0 Å². The average Bonchev–Trinajstić information content (AvgIpc) is 3.11. The Bertz CT molecular complexity index is 967. The summed E-state index contributed by atoms with van der Waals surface area (Å²) >= 11 is 0. The number of aromatic amines is 1. The number of aromatic nitrogens is 2. The Morgan fingerprint density at radius 3 is 2.80 bits per heavy atom. The van der Waals surface area contributed by atoms with Crippen molar-refractivity contribution in [2.24, 2.45) is 0 Å². The molecule has 0 aliphatic carbocycles. The number of rotatable bonds is 3. The average molecular weight is 359 g/mol. The van der Waals surface area contributed by atoms with Gasteiger partial charge in [-0.3, -0.25) is 4.79 Å².